The molecule has 22 heavy (non-hydrogen) atoms. The maximum absolute atomic E-state index is 12.4. The first-order chi connectivity index (χ1) is 10.7. The molecule has 0 radical (unpaired) electrons. The second kappa shape index (κ2) is 6.58. The van der Waals surface area contributed by atoms with Crippen molar-refractivity contribution in [2.45, 2.75) is 38.3 Å². The van der Waals surface area contributed by atoms with E-state index in [2.05, 4.69) is 9.88 Å². The summed E-state index contributed by atoms with van der Waals surface area (Å²) in [6.45, 7) is 1.99. The number of aliphatic hydroxyl groups is 1. The van der Waals surface area contributed by atoms with E-state index in [-0.39, 0.29) is 12.2 Å². The Balaban J connectivity index is 1.87. The molecule has 1 unspecified atom stereocenters. The first-order valence-electron chi connectivity index (χ1n) is 8.00. The van der Waals surface area contributed by atoms with Gasteiger partial charge in [0.1, 0.15) is 5.82 Å². The number of benzene rings is 1. The summed E-state index contributed by atoms with van der Waals surface area (Å²) >= 11 is 0. The Kier molecular flexibility index (Phi) is 4.55. The summed E-state index contributed by atoms with van der Waals surface area (Å²) in [6, 6.07) is 8.01. The van der Waals surface area contributed by atoms with Crippen molar-refractivity contribution in [3.05, 3.63) is 40.4 Å². The van der Waals surface area contributed by atoms with Crippen LogP contribution >= 0.6 is 0 Å². The lowest BCUT2D eigenvalue weighted by atomic mass is 10.1. The number of fused-ring (bicyclic) bond motifs is 1. The molecular formula is C17H23N3O2. The van der Waals surface area contributed by atoms with Crippen LogP contribution in [0.25, 0.3) is 10.9 Å². The van der Waals surface area contributed by atoms with Gasteiger partial charge < -0.3 is 5.11 Å². The van der Waals surface area contributed by atoms with E-state index >= 15 is 0 Å². The van der Waals surface area contributed by atoms with Gasteiger partial charge in [0.05, 0.1) is 17.4 Å². The van der Waals surface area contributed by atoms with Gasteiger partial charge in [-0.05, 0) is 44.4 Å². The van der Waals surface area contributed by atoms with Crippen molar-refractivity contribution >= 4 is 10.9 Å². The van der Waals surface area contributed by atoms with Gasteiger partial charge in [-0.15, -0.1) is 0 Å². The number of hydrogen-bond donors (Lipinski definition) is 1. The molecule has 5 heteroatoms. The molecule has 1 N–H and O–H groups in total. The molecule has 0 amide bonds. The van der Waals surface area contributed by atoms with Crippen LogP contribution in [-0.4, -0.2) is 38.8 Å². The average molecular weight is 301 g/mol. The van der Waals surface area contributed by atoms with E-state index in [1.807, 2.05) is 24.3 Å². The minimum Gasteiger partial charge on any atom is -0.396 e. The maximum atomic E-state index is 12.4. The molecule has 1 aromatic heterocycles. The zero-order valence-corrected chi connectivity index (χ0v) is 13.0. The lowest BCUT2D eigenvalue weighted by Crippen LogP contribution is -2.33. The third-order valence-electron chi connectivity index (χ3n) is 4.61. The van der Waals surface area contributed by atoms with Crippen LogP contribution in [0.5, 0.6) is 0 Å². The summed E-state index contributed by atoms with van der Waals surface area (Å²) in [4.78, 5) is 19.5. The first-order valence-corrected chi connectivity index (χ1v) is 8.00. The van der Waals surface area contributed by atoms with Crippen LogP contribution in [0.3, 0.4) is 0 Å². The Labute approximate surface area is 130 Å². The highest BCUT2D eigenvalue weighted by atomic mass is 16.2. The lowest BCUT2D eigenvalue weighted by molar-refractivity contribution is 0.204. The molecule has 1 aliphatic rings. The molecule has 5 nitrogen and oxygen atoms in total. The fraction of sp³-hybridized carbons (Fsp3) is 0.529. The van der Waals surface area contributed by atoms with Crippen molar-refractivity contribution in [3.8, 4) is 0 Å². The fourth-order valence-electron chi connectivity index (χ4n) is 3.34. The summed E-state index contributed by atoms with van der Waals surface area (Å²) in [7, 11) is 1.80. The summed E-state index contributed by atoms with van der Waals surface area (Å²) in [5, 5.41) is 9.70. The number of aromatic nitrogens is 2. The van der Waals surface area contributed by atoms with Gasteiger partial charge in [-0.25, -0.2) is 4.98 Å². The van der Waals surface area contributed by atoms with Gasteiger partial charge in [-0.1, -0.05) is 12.1 Å². The average Bonchev–Trinajstić information content (AvgIpc) is 2.97. The van der Waals surface area contributed by atoms with E-state index in [0.717, 1.165) is 30.7 Å². The topological polar surface area (TPSA) is 58.4 Å². The Morgan fingerprint density at radius 1 is 1.36 bits per heavy atom. The second-order valence-corrected chi connectivity index (χ2v) is 6.04. The molecule has 1 atom stereocenters. The highest BCUT2D eigenvalue weighted by molar-refractivity contribution is 5.77. The SMILES string of the molecule is Cn1c(CN2CCCC2CCCO)nc2ccccc2c1=O. The molecule has 2 heterocycles. The van der Waals surface area contributed by atoms with Crippen molar-refractivity contribution in [2.24, 2.45) is 7.05 Å². The highest BCUT2D eigenvalue weighted by Crippen LogP contribution is 2.23. The molecule has 0 saturated carbocycles. The van der Waals surface area contributed by atoms with E-state index < -0.39 is 0 Å². The van der Waals surface area contributed by atoms with Crippen molar-refractivity contribution in [2.75, 3.05) is 13.2 Å². The van der Waals surface area contributed by atoms with Crippen LogP contribution in [0.2, 0.25) is 0 Å². The predicted molar refractivity (Wildman–Crippen MR) is 86.7 cm³/mol. The molecule has 3 rings (SSSR count). The third-order valence-corrected chi connectivity index (χ3v) is 4.61. The van der Waals surface area contributed by atoms with Crippen molar-refractivity contribution in [1.82, 2.24) is 14.5 Å². The van der Waals surface area contributed by atoms with E-state index in [1.165, 1.54) is 12.8 Å². The largest absolute Gasteiger partial charge is 0.396 e. The van der Waals surface area contributed by atoms with Crippen LogP contribution in [0.15, 0.2) is 29.1 Å². The van der Waals surface area contributed by atoms with Gasteiger partial charge >= 0.3 is 0 Å². The van der Waals surface area contributed by atoms with Crippen LogP contribution < -0.4 is 5.56 Å². The molecule has 0 spiro atoms. The zero-order valence-electron chi connectivity index (χ0n) is 13.0. The molecule has 2 aromatic rings. The quantitative estimate of drug-likeness (QED) is 0.912. The molecule has 0 aliphatic carbocycles. The molecule has 0 bridgehead atoms. The molecule has 1 aliphatic heterocycles. The predicted octanol–water partition coefficient (Wildman–Crippen LogP) is 1.67. The number of hydrogen-bond acceptors (Lipinski definition) is 4. The van der Waals surface area contributed by atoms with Gasteiger partial charge in [-0.2, -0.15) is 0 Å². The summed E-state index contributed by atoms with van der Waals surface area (Å²) in [6.07, 6.45) is 4.20. The number of nitrogens with zero attached hydrogens (tertiary/aromatic N) is 3. The molecule has 1 fully saturated rings. The van der Waals surface area contributed by atoms with Crippen molar-refractivity contribution in [3.63, 3.8) is 0 Å². The second-order valence-electron chi connectivity index (χ2n) is 6.04. The van der Waals surface area contributed by atoms with Crippen molar-refractivity contribution < 1.29 is 5.11 Å². The smallest absolute Gasteiger partial charge is 0.261 e. The van der Waals surface area contributed by atoms with Gasteiger partial charge in [0.15, 0.2) is 0 Å². The normalized spacial score (nSPS) is 19.1. The highest BCUT2D eigenvalue weighted by Gasteiger charge is 2.25. The summed E-state index contributed by atoms with van der Waals surface area (Å²) < 4.78 is 1.67. The lowest BCUT2D eigenvalue weighted by Gasteiger charge is -2.24. The summed E-state index contributed by atoms with van der Waals surface area (Å²) in [5.74, 6) is 0.819. The van der Waals surface area contributed by atoms with E-state index in [1.54, 1.807) is 11.6 Å². The zero-order chi connectivity index (χ0) is 15.5. The number of likely N-dealkylation sites (tertiary alicyclic amines) is 1. The summed E-state index contributed by atoms with van der Waals surface area (Å²) in [5.41, 5.74) is 0.790. The Morgan fingerprint density at radius 2 is 2.18 bits per heavy atom. The standard InChI is InChI=1S/C17H23N3O2/c1-19-16(12-20-10-4-6-13(20)7-5-11-21)18-15-9-3-2-8-14(15)17(19)22/h2-3,8-9,13,21H,4-7,10-12H2,1H3. The van der Waals surface area contributed by atoms with E-state index in [9.17, 15) is 4.79 Å². The first kappa shape index (κ1) is 15.2. The van der Waals surface area contributed by atoms with Crippen LogP contribution in [0.4, 0.5) is 0 Å². The Bertz CT molecular complexity index is 711. The van der Waals surface area contributed by atoms with Gasteiger partial charge in [0.25, 0.3) is 5.56 Å². The number of rotatable bonds is 5. The fourth-order valence-corrected chi connectivity index (χ4v) is 3.34. The number of aliphatic hydroxyl groups excluding tert-OH is 1. The van der Waals surface area contributed by atoms with Crippen molar-refractivity contribution in [1.29, 1.82) is 0 Å². The van der Waals surface area contributed by atoms with E-state index in [0.29, 0.717) is 18.0 Å². The Morgan fingerprint density at radius 3 is 3.00 bits per heavy atom. The van der Waals surface area contributed by atoms with Crippen LogP contribution in [-0.2, 0) is 13.6 Å². The van der Waals surface area contributed by atoms with Gasteiger partial charge in [0, 0.05) is 19.7 Å². The minimum absolute atomic E-state index is 0.0201. The monoisotopic (exact) mass is 301 g/mol. The maximum Gasteiger partial charge on any atom is 0.261 e. The Hall–Kier alpha value is -1.72. The molecule has 1 saturated heterocycles. The van der Waals surface area contributed by atoms with Crippen LogP contribution in [0.1, 0.15) is 31.5 Å². The van der Waals surface area contributed by atoms with Crippen LogP contribution in [0, 0.1) is 0 Å². The molecule has 1 aromatic carbocycles. The number of para-hydroxylation sites is 1. The van der Waals surface area contributed by atoms with E-state index in [4.69, 9.17) is 5.11 Å². The third kappa shape index (κ3) is 2.91. The molecule has 118 valence electrons. The molecular weight excluding hydrogens is 278 g/mol. The van der Waals surface area contributed by atoms with Gasteiger partial charge in [0.2, 0.25) is 0 Å². The van der Waals surface area contributed by atoms with Gasteiger partial charge in [-0.3, -0.25) is 14.3 Å². The minimum atomic E-state index is 0.0201.